The first kappa shape index (κ1) is 46.1. The molecule has 0 amide bonds. The molecule has 341 valence electrons. The molecular formula is C66H57BNSi3. The summed E-state index contributed by atoms with van der Waals surface area (Å²) in [5, 5.41) is 8.92. The second-order valence-corrected chi connectivity index (χ2v) is 33.9. The Labute approximate surface area is 425 Å². The van der Waals surface area contributed by atoms with Crippen molar-refractivity contribution in [1.29, 1.82) is 0 Å². The van der Waals surface area contributed by atoms with Crippen LogP contribution in [0, 0.1) is 0 Å². The number of rotatable bonds is 6. The van der Waals surface area contributed by atoms with Gasteiger partial charge in [-0.25, -0.2) is 0 Å². The molecular weight excluding hydrogens is 902 g/mol. The molecule has 0 saturated carbocycles. The number of benzene rings is 9. The van der Waals surface area contributed by atoms with Gasteiger partial charge in [0.2, 0.25) is 0 Å². The maximum atomic E-state index is 2.50. The molecule has 0 bridgehead atoms. The lowest BCUT2D eigenvalue weighted by Crippen LogP contribution is -2.54. The van der Waals surface area contributed by atoms with Crippen LogP contribution in [0.15, 0.2) is 218 Å². The fourth-order valence-electron chi connectivity index (χ4n) is 12.0. The summed E-state index contributed by atoms with van der Waals surface area (Å²) >= 11 is 0. The lowest BCUT2D eigenvalue weighted by Gasteiger charge is -2.28. The van der Waals surface area contributed by atoms with Crippen LogP contribution in [-0.2, 0) is 0 Å². The van der Waals surface area contributed by atoms with Crippen LogP contribution >= 0.6 is 0 Å². The molecule has 12 rings (SSSR count). The molecule has 0 atom stereocenters. The van der Waals surface area contributed by atoms with Crippen LogP contribution in [0.25, 0.3) is 34.9 Å². The van der Waals surface area contributed by atoms with E-state index in [2.05, 4.69) is 281 Å². The molecule has 9 aromatic carbocycles. The highest BCUT2D eigenvalue weighted by Crippen LogP contribution is 2.40. The highest BCUT2D eigenvalue weighted by atomic mass is 28.3. The van der Waals surface area contributed by atoms with Crippen LogP contribution in [0.4, 0.5) is 17.1 Å². The van der Waals surface area contributed by atoms with E-state index < -0.39 is 24.2 Å². The Balaban J connectivity index is 0.00000547. The van der Waals surface area contributed by atoms with Gasteiger partial charge < -0.3 is 4.90 Å². The number of nitrogens with zero attached hydrogens (tertiary/aromatic N) is 1. The molecule has 3 heterocycles. The van der Waals surface area contributed by atoms with Crippen LogP contribution in [0.2, 0.25) is 39.3 Å². The molecule has 9 aromatic rings. The molecule has 0 unspecified atom stereocenters. The van der Waals surface area contributed by atoms with Crippen molar-refractivity contribution < 1.29 is 0 Å². The molecule has 3 aliphatic rings. The lowest BCUT2D eigenvalue weighted by molar-refractivity contribution is 1.28. The molecule has 5 heteroatoms. The first-order valence-electron chi connectivity index (χ1n) is 24.8. The smallest absolute Gasteiger partial charge is 0.113 e. The summed E-state index contributed by atoms with van der Waals surface area (Å²) in [7, 11) is -5.90. The van der Waals surface area contributed by atoms with Crippen molar-refractivity contribution in [1.82, 2.24) is 0 Å². The third-order valence-corrected chi connectivity index (χ3v) is 26.5. The molecule has 0 fully saturated rings. The van der Waals surface area contributed by atoms with Crippen molar-refractivity contribution in [3.05, 3.63) is 268 Å². The third kappa shape index (κ3) is 7.75. The van der Waals surface area contributed by atoms with Gasteiger partial charge in [-0.15, -0.1) is 0 Å². The van der Waals surface area contributed by atoms with Gasteiger partial charge in [0.25, 0.3) is 0 Å². The van der Waals surface area contributed by atoms with E-state index in [1.807, 2.05) is 0 Å². The maximum absolute atomic E-state index is 2.50. The molecule has 0 spiro atoms. The molecule has 3 radical (unpaired) electrons. The zero-order chi connectivity index (χ0) is 47.8. The second kappa shape index (κ2) is 17.8. The molecule has 0 saturated heterocycles. The van der Waals surface area contributed by atoms with Gasteiger partial charge in [0.1, 0.15) is 24.2 Å². The Morgan fingerprint density at radius 2 is 0.479 bits per heavy atom. The summed E-state index contributed by atoms with van der Waals surface area (Å²) in [6.45, 7) is 15.0. The van der Waals surface area contributed by atoms with E-state index in [0.717, 1.165) is 17.1 Å². The van der Waals surface area contributed by atoms with Crippen molar-refractivity contribution in [3.63, 3.8) is 0 Å². The fourth-order valence-corrected chi connectivity index (χ4v) is 21.3. The van der Waals surface area contributed by atoms with Crippen LogP contribution in [0.5, 0.6) is 0 Å². The van der Waals surface area contributed by atoms with Crippen molar-refractivity contribution in [2.24, 2.45) is 0 Å². The van der Waals surface area contributed by atoms with Gasteiger partial charge in [0.15, 0.2) is 0 Å². The maximum Gasteiger partial charge on any atom is 0.113 e. The molecule has 0 aromatic heterocycles. The first-order chi connectivity index (χ1) is 34.0. The highest BCUT2D eigenvalue weighted by molar-refractivity contribution is 7.02. The van der Waals surface area contributed by atoms with Crippen molar-refractivity contribution >= 4 is 116 Å². The summed E-state index contributed by atoms with van der Waals surface area (Å²) in [6.07, 6.45) is 7.31. The Morgan fingerprint density at radius 3 is 0.746 bits per heavy atom. The van der Waals surface area contributed by atoms with Gasteiger partial charge in [0, 0.05) is 25.5 Å². The molecule has 71 heavy (non-hydrogen) atoms. The summed E-state index contributed by atoms with van der Waals surface area (Å²) in [5.41, 5.74) is 18.9. The van der Waals surface area contributed by atoms with E-state index in [-0.39, 0.29) is 8.41 Å². The van der Waals surface area contributed by atoms with Gasteiger partial charge in [-0.2, -0.15) is 0 Å². The highest BCUT2D eigenvalue weighted by Gasteiger charge is 2.36. The van der Waals surface area contributed by atoms with Crippen LogP contribution in [0.1, 0.15) is 50.1 Å². The minimum atomic E-state index is -1.97. The Kier molecular flexibility index (Phi) is 11.6. The molecule has 3 aliphatic heterocycles. The number of hydrogen-bond acceptors (Lipinski definition) is 1. The van der Waals surface area contributed by atoms with Crippen molar-refractivity contribution in [3.8, 4) is 0 Å². The summed E-state index contributed by atoms with van der Waals surface area (Å²) in [5.74, 6) is 0. The predicted molar refractivity (Wildman–Crippen MR) is 317 cm³/mol. The summed E-state index contributed by atoms with van der Waals surface area (Å²) < 4.78 is 0. The Hall–Kier alpha value is -7.28. The molecule has 1 nitrogen and oxygen atoms in total. The fraction of sp³-hybridized carbons (Fsp3) is 0.0909. The van der Waals surface area contributed by atoms with Crippen molar-refractivity contribution in [2.45, 2.75) is 39.3 Å². The van der Waals surface area contributed by atoms with E-state index in [0.29, 0.717) is 0 Å². The largest absolute Gasteiger partial charge is 0.311 e. The average molecular weight is 959 g/mol. The molecule has 0 aliphatic carbocycles. The van der Waals surface area contributed by atoms with Gasteiger partial charge in [-0.1, -0.05) is 221 Å². The average Bonchev–Trinajstić information content (AvgIpc) is 3.62. The summed E-state index contributed by atoms with van der Waals surface area (Å²) in [6, 6.07) is 82.5. The van der Waals surface area contributed by atoms with Gasteiger partial charge in [-0.05, 0) is 153 Å². The predicted octanol–water partition coefficient (Wildman–Crippen LogP) is 13.0. The Bertz CT molecular complexity index is 3230. The minimum absolute atomic E-state index is 0. The van der Waals surface area contributed by atoms with Crippen LogP contribution < -0.4 is 36.0 Å². The normalized spacial score (nSPS) is 15.4. The zero-order valence-corrected chi connectivity index (χ0v) is 44.5. The standard InChI is InChI=1S/C66H57NSi3.B/c1-68(2)61-25-13-7-19-49(61)43-58(55-22-10-16-28-64(55)68)46-31-37-52(38-32-46)67(53-39-33-47(34-40-53)59-44-50-20-8-14-26-62(50)69(3,4)65-29-17-11-23-56(59)65)54-41-35-48(36-42-54)60-45-51-21-9-15-27-63(51)70(5,6)66-30-18-12-24-57(60)66;/h7-45H,1-6H3;. The monoisotopic (exact) mass is 958 g/mol. The molecule has 0 N–H and O–H groups in total. The van der Waals surface area contributed by atoms with Gasteiger partial charge in [0.05, 0.1) is 0 Å². The second-order valence-electron chi connectivity index (χ2n) is 20.9. The lowest BCUT2D eigenvalue weighted by atomic mass is 9.94. The zero-order valence-electron chi connectivity index (χ0n) is 41.5. The van der Waals surface area contributed by atoms with E-state index in [1.54, 1.807) is 0 Å². The van der Waals surface area contributed by atoms with Crippen LogP contribution in [0.3, 0.4) is 0 Å². The minimum Gasteiger partial charge on any atom is -0.311 e. The summed E-state index contributed by atoms with van der Waals surface area (Å²) in [4.78, 5) is 2.43. The van der Waals surface area contributed by atoms with Crippen LogP contribution in [-0.4, -0.2) is 32.6 Å². The quantitative estimate of drug-likeness (QED) is 0.150. The van der Waals surface area contributed by atoms with E-state index in [1.165, 1.54) is 97.9 Å². The van der Waals surface area contributed by atoms with E-state index >= 15 is 0 Å². The third-order valence-electron chi connectivity index (χ3n) is 15.8. The number of anilines is 3. The topological polar surface area (TPSA) is 3.24 Å². The first-order valence-corrected chi connectivity index (χ1v) is 33.8. The number of fused-ring (bicyclic) bond motifs is 6. The Morgan fingerprint density at radius 1 is 0.254 bits per heavy atom. The van der Waals surface area contributed by atoms with Gasteiger partial charge >= 0.3 is 0 Å². The number of hydrogen-bond donors (Lipinski definition) is 0. The van der Waals surface area contributed by atoms with E-state index in [4.69, 9.17) is 0 Å². The van der Waals surface area contributed by atoms with Crippen molar-refractivity contribution in [2.75, 3.05) is 4.90 Å². The SMILES string of the molecule is C[Si]1(C)c2ccccc2C=C(c2ccc(N(c3ccc(C4=Cc5ccccc5[Si](C)(C)c5ccccc54)cc3)c3ccc(C4=Cc5ccccc5[Si](C)(C)c5ccccc54)cc3)cc2)c2ccccc21.[B]. The van der Waals surface area contributed by atoms with Gasteiger partial charge in [-0.3, -0.25) is 0 Å². The van der Waals surface area contributed by atoms with E-state index in [9.17, 15) is 0 Å².